The summed E-state index contributed by atoms with van der Waals surface area (Å²) in [6.45, 7) is 7.90. The standard InChI is InChI=1S/C6H12N2.C3H8.H2/c1-3-7-5-6(1)2-4-8-6;1-3-2;/h7-8H,1-5H2;3H2,1-2H3;1H. The fourth-order valence-electron chi connectivity index (χ4n) is 1.59. The molecule has 0 aromatic carbocycles. The van der Waals surface area contributed by atoms with Crippen LogP contribution in [0.3, 0.4) is 0 Å². The van der Waals surface area contributed by atoms with E-state index < -0.39 is 0 Å². The van der Waals surface area contributed by atoms with Crippen molar-refractivity contribution < 1.29 is 1.43 Å². The van der Waals surface area contributed by atoms with Crippen molar-refractivity contribution in [2.45, 2.75) is 38.6 Å². The Balaban J connectivity index is 0.000000272. The van der Waals surface area contributed by atoms with Gasteiger partial charge in [-0.25, -0.2) is 0 Å². The second-order valence-electron chi connectivity index (χ2n) is 3.59. The molecule has 2 nitrogen and oxygen atoms in total. The lowest BCUT2D eigenvalue weighted by Gasteiger charge is -2.39. The van der Waals surface area contributed by atoms with Gasteiger partial charge in [-0.15, -0.1) is 0 Å². The summed E-state index contributed by atoms with van der Waals surface area (Å²) in [5.41, 5.74) is 0.556. The molecule has 0 bridgehead atoms. The zero-order chi connectivity index (χ0) is 8.16. The van der Waals surface area contributed by atoms with Gasteiger partial charge in [-0.1, -0.05) is 20.3 Å². The summed E-state index contributed by atoms with van der Waals surface area (Å²) in [5, 5.41) is 6.81. The number of rotatable bonds is 0. The normalized spacial score (nSPS) is 34.4. The SMILES string of the molecule is C1CC2(CCN2)CN1.CCC.[HH]. The zero-order valence-corrected chi connectivity index (χ0v) is 7.74. The molecule has 2 N–H and O–H groups in total. The molecule has 2 aliphatic rings. The summed E-state index contributed by atoms with van der Waals surface area (Å²) in [4.78, 5) is 0. The Morgan fingerprint density at radius 3 is 2.09 bits per heavy atom. The molecular weight excluding hydrogens is 136 g/mol. The smallest absolute Gasteiger partial charge is 0.0330 e. The minimum atomic E-state index is 0. The summed E-state index contributed by atoms with van der Waals surface area (Å²) < 4.78 is 0. The third-order valence-electron chi connectivity index (χ3n) is 2.35. The van der Waals surface area contributed by atoms with Gasteiger partial charge in [0, 0.05) is 13.5 Å². The lowest BCUT2D eigenvalue weighted by Crippen LogP contribution is -2.58. The van der Waals surface area contributed by atoms with Gasteiger partial charge in [0.05, 0.1) is 0 Å². The highest BCUT2D eigenvalue weighted by atomic mass is 15.1. The summed E-state index contributed by atoms with van der Waals surface area (Å²) in [6, 6.07) is 0. The maximum atomic E-state index is 3.46. The molecule has 0 radical (unpaired) electrons. The van der Waals surface area contributed by atoms with E-state index in [0.717, 1.165) is 0 Å². The average molecular weight is 158 g/mol. The third-order valence-corrected chi connectivity index (χ3v) is 2.35. The lowest BCUT2D eigenvalue weighted by molar-refractivity contribution is 0.233. The second kappa shape index (κ2) is 4.07. The van der Waals surface area contributed by atoms with Gasteiger partial charge in [-0.05, 0) is 25.9 Å². The molecule has 2 rings (SSSR count). The van der Waals surface area contributed by atoms with E-state index in [4.69, 9.17) is 0 Å². The molecule has 0 amide bonds. The Morgan fingerprint density at radius 2 is 1.91 bits per heavy atom. The molecule has 1 spiro atoms. The van der Waals surface area contributed by atoms with Gasteiger partial charge >= 0.3 is 0 Å². The number of nitrogens with one attached hydrogen (secondary N) is 2. The first kappa shape index (κ1) is 9.01. The minimum Gasteiger partial charge on any atom is -0.315 e. The van der Waals surface area contributed by atoms with Crippen LogP contribution in [0.1, 0.15) is 34.5 Å². The highest BCUT2D eigenvalue weighted by Gasteiger charge is 2.38. The van der Waals surface area contributed by atoms with Gasteiger partial charge in [-0.3, -0.25) is 0 Å². The molecule has 0 saturated carbocycles. The first-order chi connectivity index (χ1) is 5.33. The third kappa shape index (κ3) is 2.17. The lowest BCUT2D eigenvalue weighted by atomic mass is 9.87. The molecule has 68 valence electrons. The first-order valence-electron chi connectivity index (χ1n) is 4.79. The van der Waals surface area contributed by atoms with Gasteiger partial charge in [0.15, 0.2) is 0 Å². The van der Waals surface area contributed by atoms with E-state index in [9.17, 15) is 0 Å². The molecule has 2 heteroatoms. The summed E-state index contributed by atoms with van der Waals surface area (Å²) in [7, 11) is 0. The Bertz CT molecular complexity index is 105. The summed E-state index contributed by atoms with van der Waals surface area (Å²) in [5.74, 6) is 0. The highest BCUT2D eigenvalue weighted by Crippen LogP contribution is 2.24. The molecule has 2 aliphatic heterocycles. The Hall–Kier alpha value is -0.0800. The molecule has 0 aliphatic carbocycles. The molecule has 0 aromatic rings. The Labute approximate surface area is 71.2 Å². The van der Waals surface area contributed by atoms with Crippen molar-refractivity contribution in [2.75, 3.05) is 19.6 Å². The van der Waals surface area contributed by atoms with Crippen LogP contribution in [-0.2, 0) is 0 Å². The van der Waals surface area contributed by atoms with Crippen LogP contribution in [0, 0.1) is 0 Å². The van der Waals surface area contributed by atoms with Crippen molar-refractivity contribution in [3.63, 3.8) is 0 Å². The number of hydrogen-bond donors (Lipinski definition) is 2. The molecule has 1 atom stereocenters. The fourth-order valence-corrected chi connectivity index (χ4v) is 1.59. The predicted molar refractivity (Wildman–Crippen MR) is 50.9 cm³/mol. The largest absolute Gasteiger partial charge is 0.315 e. The van der Waals surface area contributed by atoms with Crippen molar-refractivity contribution in [1.29, 1.82) is 0 Å². The van der Waals surface area contributed by atoms with Crippen molar-refractivity contribution >= 4 is 0 Å². The quantitative estimate of drug-likeness (QED) is 0.556. The van der Waals surface area contributed by atoms with E-state index in [2.05, 4.69) is 24.5 Å². The van der Waals surface area contributed by atoms with Gasteiger partial charge in [0.2, 0.25) is 0 Å². The molecular formula is C9H22N2. The van der Waals surface area contributed by atoms with Crippen LogP contribution < -0.4 is 10.6 Å². The maximum absolute atomic E-state index is 3.46. The zero-order valence-electron chi connectivity index (χ0n) is 7.74. The van der Waals surface area contributed by atoms with Crippen molar-refractivity contribution in [3.8, 4) is 0 Å². The Kier molecular flexibility index (Phi) is 3.34. The summed E-state index contributed by atoms with van der Waals surface area (Å²) in [6.07, 6.45) is 3.98. The minimum absolute atomic E-state index is 0. The number of hydrogen-bond acceptors (Lipinski definition) is 2. The second-order valence-corrected chi connectivity index (χ2v) is 3.59. The van der Waals surface area contributed by atoms with Gasteiger partial charge in [0.25, 0.3) is 0 Å². The van der Waals surface area contributed by atoms with Crippen molar-refractivity contribution in [3.05, 3.63) is 0 Å². The van der Waals surface area contributed by atoms with Crippen LogP contribution in [0.2, 0.25) is 0 Å². The molecule has 11 heavy (non-hydrogen) atoms. The van der Waals surface area contributed by atoms with E-state index in [1.807, 2.05) is 0 Å². The fraction of sp³-hybridized carbons (Fsp3) is 1.00. The van der Waals surface area contributed by atoms with Gasteiger partial charge < -0.3 is 10.6 Å². The maximum Gasteiger partial charge on any atom is 0.0330 e. The first-order valence-corrected chi connectivity index (χ1v) is 4.79. The summed E-state index contributed by atoms with van der Waals surface area (Å²) >= 11 is 0. The predicted octanol–water partition coefficient (Wildman–Crippen LogP) is 1.37. The van der Waals surface area contributed by atoms with Crippen LogP contribution in [0.4, 0.5) is 0 Å². The highest BCUT2D eigenvalue weighted by molar-refractivity contribution is 5.02. The van der Waals surface area contributed by atoms with Crippen LogP contribution >= 0.6 is 0 Å². The van der Waals surface area contributed by atoms with E-state index in [-0.39, 0.29) is 1.43 Å². The van der Waals surface area contributed by atoms with Crippen LogP contribution in [0.5, 0.6) is 0 Å². The molecule has 1 unspecified atom stereocenters. The average Bonchev–Trinajstić information content (AvgIpc) is 2.34. The molecule has 2 fully saturated rings. The van der Waals surface area contributed by atoms with Crippen molar-refractivity contribution in [2.24, 2.45) is 0 Å². The van der Waals surface area contributed by atoms with Crippen LogP contribution in [-0.4, -0.2) is 25.2 Å². The topological polar surface area (TPSA) is 24.1 Å². The molecule has 2 saturated heterocycles. The van der Waals surface area contributed by atoms with E-state index >= 15 is 0 Å². The molecule has 0 aromatic heterocycles. The van der Waals surface area contributed by atoms with Crippen LogP contribution in [0.15, 0.2) is 0 Å². The Morgan fingerprint density at radius 1 is 1.27 bits per heavy atom. The van der Waals surface area contributed by atoms with Gasteiger partial charge in [0.1, 0.15) is 0 Å². The van der Waals surface area contributed by atoms with Crippen molar-refractivity contribution in [1.82, 2.24) is 10.6 Å². The monoisotopic (exact) mass is 158 g/mol. The van der Waals surface area contributed by atoms with Gasteiger partial charge in [-0.2, -0.15) is 0 Å². The van der Waals surface area contributed by atoms with E-state index in [1.165, 1.54) is 38.9 Å². The molecule has 2 heterocycles. The van der Waals surface area contributed by atoms with E-state index in [1.54, 1.807) is 0 Å². The van der Waals surface area contributed by atoms with Crippen LogP contribution in [0.25, 0.3) is 0 Å². The van der Waals surface area contributed by atoms with E-state index in [0.29, 0.717) is 5.54 Å².